The molecule has 1 atom stereocenters. The summed E-state index contributed by atoms with van der Waals surface area (Å²) in [5, 5.41) is 8.89. The van der Waals surface area contributed by atoms with E-state index in [-0.39, 0.29) is 6.54 Å². The van der Waals surface area contributed by atoms with Gasteiger partial charge < -0.3 is 14.7 Å². The van der Waals surface area contributed by atoms with Crippen LogP contribution in [0.15, 0.2) is 0 Å². The molecule has 2 saturated heterocycles. The quantitative estimate of drug-likeness (QED) is 0.846. The molecule has 2 aliphatic heterocycles. The SMILES string of the molecule is O=C(O)N1CCN(CC2CCOCC2)[C@@H](C(F)F)C1. The Morgan fingerprint density at radius 1 is 1.32 bits per heavy atom. The predicted molar refractivity (Wildman–Crippen MR) is 64.5 cm³/mol. The van der Waals surface area contributed by atoms with Gasteiger partial charge in [0.15, 0.2) is 0 Å². The Morgan fingerprint density at radius 2 is 2.00 bits per heavy atom. The van der Waals surface area contributed by atoms with Gasteiger partial charge in [-0.25, -0.2) is 13.6 Å². The maximum absolute atomic E-state index is 13.1. The minimum Gasteiger partial charge on any atom is -0.465 e. The zero-order chi connectivity index (χ0) is 13.8. The van der Waals surface area contributed by atoms with E-state index in [0.717, 1.165) is 17.7 Å². The molecule has 0 aromatic rings. The number of carboxylic acid groups (broad SMARTS) is 1. The van der Waals surface area contributed by atoms with E-state index in [2.05, 4.69) is 0 Å². The molecule has 0 aromatic heterocycles. The van der Waals surface area contributed by atoms with Gasteiger partial charge in [0.05, 0.1) is 6.04 Å². The molecule has 0 spiro atoms. The highest BCUT2D eigenvalue weighted by Gasteiger charge is 2.36. The van der Waals surface area contributed by atoms with Gasteiger partial charge in [0.2, 0.25) is 0 Å². The lowest BCUT2D eigenvalue weighted by molar-refractivity contribution is -0.0344. The van der Waals surface area contributed by atoms with Gasteiger partial charge in [-0.1, -0.05) is 0 Å². The molecule has 2 aliphatic rings. The first kappa shape index (κ1) is 14.5. The Morgan fingerprint density at radius 3 is 2.58 bits per heavy atom. The highest BCUT2D eigenvalue weighted by atomic mass is 19.3. The number of carbonyl (C=O) groups is 1. The molecule has 2 heterocycles. The van der Waals surface area contributed by atoms with Crippen molar-refractivity contribution >= 4 is 6.09 Å². The number of piperazine rings is 1. The van der Waals surface area contributed by atoms with E-state index in [9.17, 15) is 13.6 Å². The van der Waals surface area contributed by atoms with Crippen LogP contribution in [0.4, 0.5) is 13.6 Å². The number of alkyl halides is 2. The minimum atomic E-state index is -2.51. The van der Waals surface area contributed by atoms with Gasteiger partial charge in [0.25, 0.3) is 6.43 Å². The summed E-state index contributed by atoms with van der Waals surface area (Å²) in [6, 6.07) is -0.979. The first-order valence-electron chi connectivity index (χ1n) is 6.65. The van der Waals surface area contributed by atoms with Gasteiger partial charge in [-0.05, 0) is 18.8 Å². The van der Waals surface area contributed by atoms with Gasteiger partial charge in [-0.3, -0.25) is 4.90 Å². The van der Waals surface area contributed by atoms with E-state index in [1.54, 1.807) is 4.90 Å². The zero-order valence-electron chi connectivity index (χ0n) is 10.8. The summed E-state index contributed by atoms with van der Waals surface area (Å²) < 4.78 is 31.4. The molecule has 0 aromatic carbocycles. The second kappa shape index (κ2) is 6.47. The molecule has 2 rings (SSSR count). The molecule has 5 nitrogen and oxygen atoms in total. The highest BCUT2D eigenvalue weighted by Crippen LogP contribution is 2.22. The normalized spacial score (nSPS) is 26.9. The van der Waals surface area contributed by atoms with Crippen molar-refractivity contribution in [2.75, 3.05) is 39.4 Å². The molecule has 0 radical (unpaired) electrons. The number of nitrogens with zero attached hydrogens (tertiary/aromatic N) is 2. The van der Waals surface area contributed by atoms with Gasteiger partial charge in [0.1, 0.15) is 0 Å². The fourth-order valence-corrected chi connectivity index (χ4v) is 2.75. The fraction of sp³-hybridized carbons (Fsp3) is 0.917. The van der Waals surface area contributed by atoms with Crippen molar-refractivity contribution < 1.29 is 23.4 Å². The minimum absolute atomic E-state index is 0.101. The summed E-state index contributed by atoms with van der Waals surface area (Å²) in [5.74, 6) is 0.381. The molecule has 1 N–H and O–H groups in total. The maximum Gasteiger partial charge on any atom is 0.407 e. The Kier molecular flexibility index (Phi) is 4.93. The van der Waals surface area contributed by atoms with E-state index in [0.29, 0.717) is 38.8 Å². The van der Waals surface area contributed by atoms with Crippen molar-refractivity contribution in [2.45, 2.75) is 25.3 Å². The molecule has 0 unspecified atom stereocenters. The van der Waals surface area contributed by atoms with Gasteiger partial charge >= 0.3 is 6.09 Å². The van der Waals surface area contributed by atoms with Crippen LogP contribution >= 0.6 is 0 Å². The van der Waals surface area contributed by atoms with Crippen molar-refractivity contribution in [2.24, 2.45) is 5.92 Å². The molecule has 2 fully saturated rings. The van der Waals surface area contributed by atoms with Gasteiger partial charge in [-0.15, -0.1) is 0 Å². The summed E-state index contributed by atoms with van der Waals surface area (Å²) in [6.45, 7) is 2.60. The maximum atomic E-state index is 13.1. The summed E-state index contributed by atoms with van der Waals surface area (Å²) >= 11 is 0. The predicted octanol–water partition coefficient (Wildman–Crippen LogP) is 1.34. The van der Waals surface area contributed by atoms with Crippen LogP contribution in [0.1, 0.15) is 12.8 Å². The molecule has 0 bridgehead atoms. The second-order valence-electron chi connectivity index (χ2n) is 5.18. The van der Waals surface area contributed by atoms with Crippen molar-refractivity contribution in [3.05, 3.63) is 0 Å². The summed E-state index contributed by atoms with van der Waals surface area (Å²) in [7, 11) is 0. The standard InChI is InChI=1S/C12H20F2N2O3/c13-11(14)10-8-16(12(17)18)4-3-15(10)7-9-1-5-19-6-2-9/h9-11H,1-8H2,(H,17,18)/t10-/m1/s1. The Bertz CT molecular complexity index is 311. The van der Waals surface area contributed by atoms with E-state index in [4.69, 9.17) is 9.84 Å². The van der Waals surface area contributed by atoms with Gasteiger partial charge in [-0.2, -0.15) is 0 Å². The lowest BCUT2D eigenvalue weighted by Crippen LogP contribution is -2.58. The van der Waals surface area contributed by atoms with Crippen molar-refractivity contribution in [1.29, 1.82) is 0 Å². The average Bonchev–Trinajstić information content (AvgIpc) is 2.39. The van der Waals surface area contributed by atoms with E-state index >= 15 is 0 Å². The van der Waals surface area contributed by atoms with Crippen LogP contribution in [0.25, 0.3) is 0 Å². The number of hydrogen-bond donors (Lipinski definition) is 1. The van der Waals surface area contributed by atoms with Crippen LogP contribution in [0.2, 0.25) is 0 Å². The van der Waals surface area contributed by atoms with E-state index in [1.165, 1.54) is 0 Å². The third-order valence-corrected chi connectivity index (χ3v) is 3.93. The van der Waals surface area contributed by atoms with Crippen LogP contribution < -0.4 is 0 Å². The Balaban J connectivity index is 1.92. The lowest BCUT2D eigenvalue weighted by atomic mass is 9.98. The molecule has 0 saturated carbocycles. The largest absolute Gasteiger partial charge is 0.465 e. The molecular formula is C12H20F2N2O3. The van der Waals surface area contributed by atoms with Crippen molar-refractivity contribution in [3.8, 4) is 0 Å². The zero-order valence-corrected chi connectivity index (χ0v) is 10.8. The molecule has 19 heavy (non-hydrogen) atoms. The molecule has 1 amide bonds. The topological polar surface area (TPSA) is 53.0 Å². The number of amides is 1. The first-order chi connectivity index (χ1) is 9.08. The number of hydrogen-bond acceptors (Lipinski definition) is 3. The average molecular weight is 278 g/mol. The molecule has 7 heteroatoms. The van der Waals surface area contributed by atoms with Crippen LogP contribution in [0.5, 0.6) is 0 Å². The highest BCUT2D eigenvalue weighted by molar-refractivity contribution is 5.65. The smallest absolute Gasteiger partial charge is 0.407 e. The van der Waals surface area contributed by atoms with Crippen molar-refractivity contribution in [3.63, 3.8) is 0 Å². The number of rotatable bonds is 3. The third kappa shape index (κ3) is 3.76. The Hall–Kier alpha value is -0.950. The lowest BCUT2D eigenvalue weighted by Gasteiger charge is -2.41. The molecular weight excluding hydrogens is 258 g/mol. The van der Waals surface area contributed by atoms with Crippen LogP contribution in [0.3, 0.4) is 0 Å². The van der Waals surface area contributed by atoms with Gasteiger partial charge in [0, 0.05) is 39.4 Å². The summed E-state index contributed by atoms with van der Waals surface area (Å²) in [5.41, 5.74) is 0. The molecule has 0 aliphatic carbocycles. The third-order valence-electron chi connectivity index (χ3n) is 3.93. The fourth-order valence-electron chi connectivity index (χ4n) is 2.75. The summed E-state index contributed by atoms with van der Waals surface area (Å²) in [6.07, 6.45) is -1.83. The van der Waals surface area contributed by atoms with Crippen LogP contribution in [-0.4, -0.2) is 72.9 Å². The van der Waals surface area contributed by atoms with Crippen LogP contribution in [0, 0.1) is 5.92 Å². The Labute approximate surface area is 111 Å². The summed E-state index contributed by atoms with van der Waals surface area (Å²) in [4.78, 5) is 13.7. The monoisotopic (exact) mass is 278 g/mol. The number of ether oxygens (including phenoxy) is 1. The van der Waals surface area contributed by atoms with Crippen LogP contribution in [-0.2, 0) is 4.74 Å². The first-order valence-corrected chi connectivity index (χ1v) is 6.65. The van der Waals surface area contributed by atoms with Crippen molar-refractivity contribution in [1.82, 2.24) is 9.80 Å². The van der Waals surface area contributed by atoms with E-state index < -0.39 is 18.6 Å². The second-order valence-corrected chi connectivity index (χ2v) is 5.18. The molecule has 110 valence electrons. The number of halogens is 2. The van der Waals surface area contributed by atoms with E-state index in [1.807, 2.05) is 0 Å².